The van der Waals surface area contributed by atoms with Gasteiger partial charge in [-0.05, 0) is 48.5 Å². The summed E-state index contributed by atoms with van der Waals surface area (Å²) in [6.07, 6.45) is 0.298. The maximum absolute atomic E-state index is 12.6. The summed E-state index contributed by atoms with van der Waals surface area (Å²) in [5.74, 6) is -1.14. The number of hydrogen-bond donors (Lipinski definition) is 1. The number of thiocarbonyl (C=S) groups is 1. The molecular weight excluding hydrogens is 402 g/mol. The molecule has 10 heteroatoms. The summed E-state index contributed by atoms with van der Waals surface area (Å²) in [5.41, 5.74) is 2.14. The lowest BCUT2D eigenvalue weighted by Crippen LogP contribution is -2.32. The van der Waals surface area contributed by atoms with Crippen LogP contribution in [0.1, 0.15) is 23.3 Å². The van der Waals surface area contributed by atoms with Crippen molar-refractivity contribution in [3.63, 3.8) is 0 Å². The Morgan fingerprint density at radius 1 is 1.25 bits per heavy atom. The molecule has 0 spiro atoms. The third-order valence-electron chi connectivity index (χ3n) is 4.51. The molecule has 4 rings (SSSR count). The van der Waals surface area contributed by atoms with Crippen LogP contribution in [0.3, 0.4) is 0 Å². The molecule has 8 nitrogen and oxygen atoms in total. The highest BCUT2D eigenvalue weighted by Gasteiger charge is 2.34. The van der Waals surface area contributed by atoms with E-state index >= 15 is 0 Å². The number of nitrogens with zero attached hydrogens (tertiary/aromatic N) is 3. The number of carbonyl (C=O) groups is 2. The molecule has 1 amide bonds. The lowest BCUT2D eigenvalue weighted by atomic mass is 10.2. The summed E-state index contributed by atoms with van der Waals surface area (Å²) < 4.78 is 2.60. The summed E-state index contributed by atoms with van der Waals surface area (Å²) in [7, 11) is 0. The molecule has 0 unspecified atom stereocenters. The second-order valence-corrected chi connectivity index (χ2v) is 7.71. The van der Waals surface area contributed by atoms with E-state index in [0.717, 1.165) is 20.7 Å². The maximum atomic E-state index is 12.6. The van der Waals surface area contributed by atoms with Gasteiger partial charge in [0.15, 0.2) is 5.11 Å². The maximum Gasteiger partial charge on any atom is 0.303 e. The number of fused-ring (bicyclic) bond motifs is 3. The summed E-state index contributed by atoms with van der Waals surface area (Å²) >= 11 is 6.93. The van der Waals surface area contributed by atoms with Crippen LogP contribution < -0.4 is 0 Å². The van der Waals surface area contributed by atoms with Crippen molar-refractivity contribution in [1.82, 2.24) is 9.47 Å². The monoisotopic (exact) mass is 415 g/mol. The molecule has 0 aliphatic carbocycles. The number of carboxylic acids is 1. The second-order valence-electron chi connectivity index (χ2n) is 6.27. The van der Waals surface area contributed by atoms with Gasteiger partial charge >= 0.3 is 5.97 Å². The van der Waals surface area contributed by atoms with Crippen LogP contribution >= 0.6 is 23.6 Å². The van der Waals surface area contributed by atoms with Crippen molar-refractivity contribution in [2.75, 3.05) is 6.54 Å². The Labute approximate surface area is 167 Å². The zero-order valence-electron chi connectivity index (χ0n) is 14.3. The van der Waals surface area contributed by atoms with Crippen LogP contribution in [0.2, 0.25) is 0 Å². The Kier molecular flexibility index (Phi) is 4.44. The number of hydrogen-bond acceptors (Lipinski definition) is 6. The number of nitro benzene ring substituents is 1. The Morgan fingerprint density at radius 2 is 1.96 bits per heavy atom. The minimum absolute atomic E-state index is 0.0262. The predicted molar refractivity (Wildman–Crippen MR) is 108 cm³/mol. The lowest BCUT2D eigenvalue weighted by Gasteiger charge is -2.14. The molecule has 3 aromatic rings. The number of aromatic nitrogens is 1. The number of thiophene rings is 1. The van der Waals surface area contributed by atoms with Crippen molar-refractivity contribution in [2.24, 2.45) is 0 Å². The fourth-order valence-electron chi connectivity index (χ4n) is 3.18. The number of carbonyl (C=O) groups excluding carboxylic acids is 1. The lowest BCUT2D eigenvalue weighted by molar-refractivity contribution is -0.384. The third-order valence-corrected chi connectivity index (χ3v) is 6.03. The van der Waals surface area contributed by atoms with Crippen molar-refractivity contribution >= 4 is 56.4 Å². The molecule has 0 radical (unpaired) electrons. The third kappa shape index (κ3) is 2.96. The minimum atomic E-state index is -0.912. The SMILES string of the molecule is O=C(O)CCCN1C(=O)c2cc3sc(-c4ccc([N+](=O)[O-])cc4)cc3n2C1=S. The van der Waals surface area contributed by atoms with E-state index in [0.29, 0.717) is 17.2 Å². The molecular formula is C18H13N3O5S2. The summed E-state index contributed by atoms with van der Waals surface area (Å²) in [4.78, 5) is 36.0. The van der Waals surface area contributed by atoms with E-state index < -0.39 is 10.9 Å². The quantitative estimate of drug-likeness (QED) is 0.374. The van der Waals surface area contributed by atoms with Gasteiger partial charge in [-0.25, -0.2) is 0 Å². The molecule has 0 bridgehead atoms. The van der Waals surface area contributed by atoms with Crippen LogP contribution in [0.5, 0.6) is 0 Å². The number of amides is 1. The van der Waals surface area contributed by atoms with E-state index in [9.17, 15) is 19.7 Å². The van der Waals surface area contributed by atoms with E-state index in [2.05, 4.69) is 0 Å². The summed E-state index contributed by atoms with van der Waals surface area (Å²) in [5, 5.41) is 19.9. The summed E-state index contributed by atoms with van der Waals surface area (Å²) in [6, 6.07) is 9.97. The molecule has 1 N–H and O–H groups in total. The van der Waals surface area contributed by atoms with Gasteiger partial charge in [0, 0.05) is 30.0 Å². The zero-order valence-corrected chi connectivity index (χ0v) is 16.0. The van der Waals surface area contributed by atoms with Crippen molar-refractivity contribution in [2.45, 2.75) is 12.8 Å². The fourth-order valence-corrected chi connectivity index (χ4v) is 4.63. The first-order chi connectivity index (χ1) is 13.4. The van der Waals surface area contributed by atoms with E-state index in [1.807, 2.05) is 6.07 Å². The van der Waals surface area contributed by atoms with Gasteiger partial charge in [-0.15, -0.1) is 11.3 Å². The normalized spacial score (nSPS) is 13.4. The number of aliphatic carboxylic acids is 1. The second kappa shape index (κ2) is 6.80. The van der Waals surface area contributed by atoms with E-state index in [4.69, 9.17) is 17.3 Å². The molecule has 142 valence electrons. The highest BCUT2D eigenvalue weighted by molar-refractivity contribution is 7.80. The molecule has 1 aromatic carbocycles. The topological polar surface area (TPSA) is 106 Å². The summed E-state index contributed by atoms with van der Waals surface area (Å²) in [6.45, 7) is 0.256. The first-order valence-electron chi connectivity index (χ1n) is 8.35. The van der Waals surface area contributed by atoms with Crippen LogP contribution in [-0.4, -0.2) is 43.0 Å². The van der Waals surface area contributed by atoms with E-state index in [1.165, 1.54) is 28.4 Å². The smallest absolute Gasteiger partial charge is 0.303 e. The molecule has 1 aliphatic rings. The average Bonchev–Trinajstić information content (AvgIpc) is 3.27. The number of carboxylic acid groups (broad SMARTS) is 1. The largest absolute Gasteiger partial charge is 0.481 e. The van der Waals surface area contributed by atoms with Crippen LogP contribution in [-0.2, 0) is 4.79 Å². The molecule has 0 fully saturated rings. The molecule has 3 heterocycles. The van der Waals surface area contributed by atoms with Crippen molar-refractivity contribution in [3.05, 3.63) is 52.2 Å². The Balaban J connectivity index is 1.64. The minimum Gasteiger partial charge on any atom is -0.481 e. The van der Waals surface area contributed by atoms with Gasteiger partial charge in [-0.3, -0.25) is 29.2 Å². The van der Waals surface area contributed by atoms with E-state index in [-0.39, 0.29) is 24.6 Å². The van der Waals surface area contributed by atoms with Crippen LogP contribution in [0.15, 0.2) is 36.4 Å². The molecule has 0 saturated carbocycles. The predicted octanol–water partition coefficient (Wildman–Crippen LogP) is 3.73. The van der Waals surface area contributed by atoms with Crippen LogP contribution in [0.4, 0.5) is 5.69 Å². The zero-order chi connectivity index (χ0) is 20.0. The number of benzene rings is 1. The Morgan fingerprint density at radius 3 is 2.61 bits per heavy atom. The van der Waals surface area contributed by atoms with Gasteiger partial charge in [0.1, 0.15) is 5.69 Å². The molecule has 0 atom stereocenters. The highest BCUT2D eigenvalue weighted by Crippen LogP contribution is 2.38. The Bertz CT molecular complexity index is 1150. The average molecular weight is 415 g/mol. The Hall–Kier alpha value is -3.11. The van der Waals surface area contributed by atoms with Gasteiger partial charge in [-0.1, -0.05) is 0 Å². The number of rotatable bonds is 6. The fraction of sp³-hybridized carbons (Fsp3) is 0.167. The highest BCUT2D eigenvalue weighted by atomic mass is 32.1. The van der Waals surface area contributed by atoms with Gasteiger partial charge in [-0.2, -0.15) is 0 Å². The standard InChI is InChI=1S/C18H13N3O5S2/c22-16(23)2-1-7-19-17(24)13-9-15-12(20(13)18(19)27)8-14(28-15)10-3-5-11(6-4-10)21(25)26/h3-6,8-9H,1-2,7H2,(H,22,23). The first-order valence-corrected chi connectivity index (χ1v) is 9.57. The molecule has 0 saturated heterocycles. The molecule has 28 heavy (non-hydrogen) atoms. The van der Waals surface area contributed by atoms with E-state index in [1.54, 1.807) is 22.8 Å². The molecule has 2 aromatic heterocycles. The van der Waals surface area contributed by atoms with Crippen molar-refractivity contribution in [3.8, 4) is 10.4 Å². The van der Waals surface area contributed by atoms with Crippen LogP contribution in [0, 0.1) is 10.1 Å². The first kappa shape index (κ1) is 18.3. The number of non-ortho nitro benzene ring substituents is 1. The van der Waals surface area contributed by atoms with Crippen LogP contribution in [0.25, 0.3) is 20.7 Å². The molecule has 1 aliphatic heterocycles. The van der Waals surface area contributed by atoms with Crippen molar-refractivity contribution in [1.29, 1.82) is 0 Å². The van der Waals surface area contributed by atoms with Gasteiger partial charge < -0.3 is 5.11 Å². The number of nitro groups is 1. The van der Waals surface area contributed by atoms with Crippen molar-refractivity contribution < 1.29 is 19.6 Å². The van der Waals surface area contributed by atoms with Gasteiger partial charge in [0.2, 0.25) is 0 Å². The van der Waals surface area contributed by atoms with Gasteiger partial charge in [0.25, 0.3) is 11.6 Å². The van der Waals surface area contributed by atoms with Gasteiger partial charge in [0.05, 0.1) is 15.1 Å².